The highest BCUT2D eigenvalue weighted by molar-refractivity contribution is 7.02. The normalized spacial score (nSPS) is 53.6. The number of rotatable bonds is 8. The zero-order valence-electron chi connectivity index (χ0n) is 50.2. The van der Waals surface area contributed by atoms with Gasteiger partial charge in [0.25, 0.3) is 0 Å². The summed E-state index contributed by atoms with van der Waals surface area (Å²) in [6.45, 7) is 34.2. The Bertz CT molecular complexity index is 2220. The summed E-state index contributed by atoms with van der Waals surface area (Å²) in [7, 11) is -83.5. The molecule has 6 aliphatic rings. The zero-order valence-corrected chi connectivity index (χ0v) is 70.2. The number of hydrogen-bond acceptors (Lipinski definition) is 32. The van der Waals surface area contributed by atoms with E-state index in [0.717, 1.165) is 0 Å². The summed E-state index contributed by atoms with van der Waals surface area (Å²) in [6.07, 6.45) is 0. The van der Waals surface area contributed by atoms with E-state index in [9.17, 15) is 28.8 Å². The van der Waals surface area contributed by atoms with Crippen LogP contribution in [0.4, 0.5) is 0 Å². The van der Waals surface area contributed by atoms with E-state index in [1.807, 2.05) is 0 Å². The number of hydrogen-bond donors (Lipinski definition) is 6. The van der Waals surface area contributed by atoms with Crippen LogP contribution in [0.2, 0.25) is 135 Å². The van der Waals surface area contributed by atoms with Crippen molar-refractivity contribution in [3.05, 3.63) is 0 Å². The Morgan fingerprint density at radius 3 is 1.07 bits per heavy atom. The Morgan fingerprint density at radius 1 is 0.309 bits per heavy atom. The Labute approximate surface area is 498 Å². The van der Waals surface area contributed by atoms with Crippen LogP contribution in [0.3, 0.4) is 0 Å². The van der Waals surface area contributed by atoms with Gasteiger partial charge < -0.3 is 137 Å². The van der Waals surface area contributed by atoms with E-state index in [0.29, 0.717) is 0 Å². The van der Waals surface area contributed by atoms with Crippen molar-refractivity contribution in [1.82, 2.24) is 0 Å². The minimum Gasteiger partial charge on any atom is -0.411 e. The van der Waals surface area contributed by atoms with Crippen molar-refractivity contribution in [3.63, 3.8) is 0 Å². The van der Waals surface area contributed by atoms with Gasteiger partial charge in [0.1, 0.15) is 0 Å². The summed E-state index contributed by atoms with van der Waals surface area (Å²) < 4.78 is 172. The second kappa shape index (κ2) is 24.8. The third kappa shape index (κ3) is 20.5. The van der Waals surface area contributed by atoms with Crippen LogP contribution in [0.15, 0.2) is 0 Å². The fourth-order valence-corrected chi connectivity index (χ4v) is 109. The molecule has 6 rings (SSSR count). The molecule has 0 saturated carbocycles. The molecule has 18 unspecified atom stereocenters. The lowest BCUT2D eigenvalue weighted by Crippen LogP contribution is -2.78. The second-order valence-corrected chi connectivity index (χ2v) is 81.0. The van der Waals surface area contributed by atoms with Gasteiger partial charge in [-0.3, -0.25) is 0 Å². The van der Waals surface area contributed by atoms with Crippen molar-refractivity contribution in [2.24, 2.45) is 0 Å². The van der Waals surface area contributed by atoms with Gasteiger partial charge in [0.05, 0.1) is 0 Å². The molecule has 6 fully saturated rings. The average Bonchev–Trinajstić information content (AvgIpc) is 3.09. The van der Waals surface area contributed by atoms with Crippen LogP contribution in [-0.4, -0.2) is 231 Å². The first-order chi connectivity index (χ1) is 36.2. The van der Waals surface area contributed by atoms with E-state index < -0.39 is 187 Å². The van der Waals surface area contributed by atoms with Gasteiger partial charge in [-0.2, -0.15) is 0 Å². The molecule has 6 N–H and O–H groups in total. The van der Waals surface area contributed by atoms with Crippen molar-refractivity contribution in [3.8, 4) is 0 Å². The molecule has 6 saturated heterocycles. The van der Waals surface area contributed by atoms with Gasteiger partial charge in [-0.15, -0.1) is 0 Å². The van der Waals surface area contributed by atoms with Crippen LogP contribution in [0.25, 0.3) is 0 Å². The highest BCUT2D eigenvalue weighted by Crippen LogP contribution is 2.45. The van der Waals surface area contributed by atoms with Crippen LogP contribution in [0.5, 0.6) is 0 Å². The molecule has 0 amide bonds. The molecule has 0 spiro atoms. The zero-order chi connectivity index (χ0) is 61.5. The van der Waals surface area contributed by atoms with Gasteiger partial charge in [-0.1, -0.05) is 0 Å². The largest absolute Gasteiger partial charge is 0.552 e. The predicted molar refractivity (Wildman–Crippen MR) is 319 cm³/mol. The van der Waals surface area contributed by atoms with Gasteiger partial charge in [-0.05, 0) is 60.4 Å². The standard InChI is InChI=1S/C29H86O32Si20/c1-23-36-62-27-66(7)41-63-42-76(17)47-67(8,48-77(18,43-63)59-78(19,46-66)55-72(13,35)51-71(12,34)52-73(14,40-62)37-24-2)28-64(5,30)45-70(11,33)54-79(20)49-68(9,29-65(6,31)44-69(10,32)53-76)50-80(21)57-74(15,38-25-3)56-75(16,39-26-4)58-81(22,60-79)61-80/h30-35H,23-29H2,1-22H3. The molecule has 6 heterocycles. The second-order valence-electron chi connectivity index (χ2n) is 22.2. The lowest BCUT2D eigenvalue weighted by atomic mass is 10.9. The summed E-state index contributed by atoms with van der Waals surface area (Å²) in [4.78, 5) is 74.1. The van der Waals surface area contributed by atoms with Gasteiger partial charge >= 0.3 is 176 Å². The molecule has 0 aromatic heterocycles. The van der Waals surface area contributed by atoms with Crippen molar-refractivity contribution >= 4 is 176 Å². The minimum atomic E-state index is -4.76. The fraction of sp³-hybridized carbons (Fsp3) is 1.00. The first-order valence-corrected chi connectivity index (χ1v) is 70.8. The molecule has 0 aromatic rings. The lowest BCUT2D eigenvalue weighted by molar-refractivity contribution is 0.0328. The van der Waals surface area contributed by atoms with Crippen molar-refractivity contribution in [2.75, 3.05) is 26.4 Å². The van der Waals surface area contributed by atoms with Crippen molar-refractivity contribution < 1.29 is 137 Å². The molecule has 81 heavy (non-hydrogen) atoms. The van der Waals surface area contributed by atoms with E-state index in [2.05, 4.69) is 0 Å². The first-order valence-electron chi connectivity index (χ1n) is 26.2. The molecule has 32 nitrogen and oxygen atoms in total. The molecule has 6 aliphatic heterocycles. The fourth-order valence-electron chi connectivity index (χ4n) is 10.8. The molecule has 10 bridgehead atoms. The summed E-state index contributed by atoms with van der Waals surface area (Å²) in [5.74, 6) is 0. The van der Waals surface area contributed by atoms with E-state index in [1.54, 1.807) is 80.1 Å². The van der Waals surface area contributed by atoms with Crippen molar-refractivity contribution in [1.29, 1.82) is 0 Å². The molecule has 18 atom stereocenters. The Morgan fingerprint density at radius 2 is 0.642 bits per heavy atom. The monoisotopic (exact) mass is 1510 g/mol. The molecule has 2 radical (unpaired) electrons. The highest BCUT2D eigenvalue weighted by Gasteiger charge is 2.73. The van der Waals surface area contributed by atoms with Crippen molar-refractivity contribution in [2.45, 2.75) is 163 Å². The smallest absolute Gasteiger partial charge is 0.411 e. The Hall–Kier alpha value is 3.06. The topological polar surface area (TPSA) is 361 Å². The Balaban J connectivity index is 1.49. The predicted octanol–water partition coefficient (Wildman–Crippen LogP) is 1.38. The number of fused-ring (bicyclic) bond motifs is 10. The van der Waals surface area contributed by atoms with Gasteiger partial charge in [0.2, 0.25) is 0 Å². The van der Waals surface area contributed by atoms with Gasteiger partial charge in [0, 0.05) is 129 Å². The molecular weight excluding hydrogens is 1420 g/mol. The summed E-state index contributed by atoms with van der Waals surface area (Å²) in [6, 6.07) is 0. The molecule has 0 aromatic carbocycles. The Kier molecular flexibility index (Phi) is 22.4. The van der Waals surface area contributed by atoms with Crippen LogP contribution in [0.1, 0.15) is 27.7 Å². The van der Waals surface area contributed by atoms with Gasteiger partial charge in [0.15, 0.2) is 0 Å². The van der Waals surface area contributed by atoms with Crippen LogP contribution < -0.4 is 0 Å². The van der Waals surface area contributed by atoms with Crippen LogP contribution >= 0.6 is 0 Å². The van der Waals surface area contributed by atoms with Gasteiger partial charge in [-0.25, -0.2) is 0 Å². The van der Waals surface area contributed by atoms with E-state index in [4.69, 9.17) is 108 Å². The summed E-state index contributed by atoms with van der Waals surface area (Å²) in [5, 5.41) is 0. The lowest BCUT2D eigenvalue weighted by Gasteiger charge is -2.53. The molecule has 0 aliphatic carbocycles. The van der Waals surface area contributed by atoms with E-state index in [1.165, 1.54) is 65.5 Å². The molecule has 52 heteroatoms. The minimum absolute atomic E-state index is 0.0665. The van der Waals surface area contributed by atoms with Crippen LogP contribution in [0, 0.1) is 0 Å². The highest BCUT2D eigenvalue weighted by atomic mass is 28.6. The SMILES string of the molecule is CCO[Si]1C[Si]2(C)O[Si]3O[Si]4(C)O[Si](C)(O)O[Si](C)(O)C[Si]5(C)O[Si](C)(O[Si](C)(O)O[Si](C)(O)C[Si](C)(O4)O[Si](C)(O3)O[Si](C)(O[Si](C)(O)O[Si](C)(O)O[Si](C)(OCC)O1)O2)O[Si]1(C)O[Si](C)(OCC)O[Si](C)(OCC)O[Si](C)(O5)O1. The van der Waals surface area contributed by atoms with E-state index in [-0.39, 0.29) is 32.1 Å². The maximum absolute atomic E-state index is 12.7. The third-order valence-corrected chi connectivity index (χ3v) is 93.0. The maximum Gasteiger partial charge on any atom is 0.552 e. The molecule has 474 valence electrons. The summed E-state index contributed by atoms with van der Waals surface area (Å²) in [5.41, 5.74) is -0.944. The summed E-state index contributed by atoms with van der Waals surface area (Å²) >= 11 is 0. The average molecular weight is 1510 g/mol. The quantitative estimate of drug-likeness (QED) is 0.187. The molecular formula is C29H86O32Si20. The first kappa shape index (κ1) is 73.1. The third-order valence-electron chi connectivity index (χ3n) is 11.4. The van der Waals surface area contributed by atoms with Crippen LogP contribution in [-0.2, 0) is 108 Å². The maximum atomic E-state index is 12.7. The van der Waals surface area contributed by atoms with E-state index >= 15 is 0 Å².